The molecule has 1 aliphatic heterocycles. The summed E-state index contributed by atoms with van der Waals surface area (Å²) in [6.45, 7) is 6.44. The lowest BCUT2D eigenvalue weighted by atomic mass is 9.98. The van der Waals surface area contributed by atoms with Crippen molar-refractivity contribution in [2.75, 3.05) is 10.7 Å². The van der Waals surface area contributed by atoms with E-state index in [4.69, 9.17) is 4.98 Å². The summed E-state index contributed by atoms with van der Waals surface area (Å²) in [5.74, 6) is 0.676. The fraction of sp³-hybridized carbons (Fsp3) is 0.276. The first-order valence-electron chi connectivity index (χ1n) is 12.1. The molecule has 1 aliphatic rings. The van der Waals surface area contributed by atoms with E-state index in [1.807, 2.05) is 53.4 Å². The predicted octanol–water partition coefficient (Wildman–Crippen LogP) is 5.97. The van der Waals surface area contributed by atoms with E-state index >= 15 is 0 Å². The van der Waals surface area contributed by atoms with Gasteiger partial charge in [-0.3, -0.25) is 14.2 Å². The van der Waals surface area contributed by atoms with Crippen molar-refractivity contribution >= 4 is 34.3 Å². The number of thioether (sulfide) groups is 1. The lowest BCUT2D eigenvalue weighted by Gasteiger charge is -2.23. The van der Waals surface area contributed by atoms with E-state index in [2.05, 4.69) is 39.0 Å². The largest absolute Gasteiger partial charge is 0.308 e. The molecule has 3 aromatic carbocycles. The Kier molecular flexibility index (Phi) is 6.48. The molecule has 0 bridgehead atoms. The zero-order valence-corrected chi connectivity index (χ0v) is 21.1. The van der Waals surface area contributed by atoms with Gasteiger partial charge in [-0.25, -0.2) is 4.98 Å². The van der Waals surface area contributed by atoms with Crippen LogP contribution in [0.2, 0.25) is 0 Å². The van der Waals surface area contributed by atoms with Gasteiger partial charge in [-0.15, -0.1) is 0 Å². The Labute approximate surface area is 209 Å². The van der Waals surface area contributed by atoms with Gasteiger partial charge in [0.2, 0.25) is 5.91 Å². The van der Waals surface area contributed by atoms with Gasteiger partial charge in [-0.05, 0) is 67.1 Å². The van der Waals surface area contributed by atoms with Crippen molar-refractivity contribution in [2.45, 2.75) is 50.7 Å². The zero-order chi connectivity index (χ0) is 24.5. The third-order valence-corrected chi connectivity index (χ3v) is 7.80. The number of benzene rings is 3. The standard InChI is InChI=1S/C29H29N3O2S/c1-4-19(2)21-13-15-23(16-14-21)32-28(34)24-10-6-7-11-25(24)30-29(32)35-18-27(33)31-20(3)17-22-9-5-8-12-26(22)31/h5-16,19-20H,4,17-18H2,1-3H3/t19-,20-/m0/s1. The summed E-state index contributed by atoms with van der Waals surface area (Å²) in [7, 11) is 0. The molecule has 5 rings (SSSR count). The van der Waals surface area contributed by atoms with Crippen molar-refractivity contribution in [3.8, 4) is 5.69 Å². The summed E-state index contributed by atoms with van der Waals surface area (Å²) in [5.41, 5.74) is 4.69. The highest BCUT2D eigenvalue weighted by molar-refractivity contribution is 7.99. The number of fused-ring (bicyclic) bond motifs is 2. The van der Waals surface area contributed by atoms with Crippen LogP contribution in [0.3, 0.4) is 0 Å². The van der Waals surface area contributed by atoms with Crippen molar-refractivity contribution in [1.29, 1.82) is 0 Å². The summed E-state index contributed by atoms with van der Waals surface area (Å²) in [6, 6.07) is 23.7. The maximum absolute atomic E-state index is 13.6. The minimum atomic E-state index is -0.123. The minimum absolute atomic E-state index is 0.0218. The number of para-hydroxylation sites is 2. The number of anilines is 1. The van der Waals surface area contributed by atoms with Crippen LogP contribution < -0.4 is 10.5 Å². The van der Waals surface area contributed by atoms with Gasteiger partial charge >= 0.3 is 0 Å². The topological polar surface area (TPSA) is 55.2 Å². The first kappa shape index (κ1) is 23.4. The smallest absolute Gasteiger partial charge is 0.266 e. The molecule has 0 aliphatic carbocycles. The molecule has 4 aromatic rings. The zero-order valence-electron chi connectivity index (χ0n) is 20.3. The second-order valence-corrected chi connectivity index (χ2v) is 10.1. The number of nitrogens with zero attached hydrogens (tertiary/aromatic N) is 3. The molecule has 6 heteroatoms. The molecule has 35 heavy (non-hydrogen) atoms. The van der Waals surface area contributed by atoms with E-state index in [9.17, 15) is 9.59 Å². The normalized spacial score (nSPS) is 15.9. The van der Waals surface area contributed by atoms with Crippen molar-refractivity contribution in [2.24, 2.45) is 0 Å². The molecule has 0 radical (unpaired) electrons. The second kappa shape index (κ2) is 9.70. The number of amides is 1. The van der Waals surface area contributed by atoms with Gasteiger partial charge in [0.05, 0.1) is 22.3 Å². The molecule has 1 amide bonds. The molecular weight excluding hydrogens is 454 g/mol. The monoisotopic (exact) mass is 483 g/mol. The van der Waals surface area contributed by atoms with Crippen LogP contribution in [0.5, 0.6) is 0 Å². The van der Waals surface area contributed by atoms with Gasteiger partial charge in [-0.2, -0.15) is 0 Å². The molecule has 1 aromatic heterocycles. The van der Waals surface area contributed by atoms with Gasteiger partial charge in [-0.1, -0.05) is 68.1 Å². The van der Waals surface area contributed by atoms with Crippen molar-refractivity contribution in [1.82, 2.24) is 9.55 Å². The fourth-order valence-electron chi connectivity index (χ4n) is 4.77. The summed E-state index contributed by atoms with van der Waals surface area (Å²) >= 11 is 1.32. The Bertz CT molecular complexity index is 1440. The molecular formula is C29H29N3O2S. The quantitative estimate of drug-likeness (QED) is 0.250. The third kappa shape index (κ3) is 4.39. The Hall–Kier alpha value is -3.38. The molecule has 0 spiro atoms. The fourth-order valence-corrected chi connectivity index (χ4v) is 5.64. The molecule has 5 nitrogen and oxygen atoms in total. The van der Waals surface area contributed by atoms with Crippen LogP contribution in [0.15, 0.2) is 82.7 Å². The highest BCUT2D eigenvalue weighted by atomic mass is 32.2. The van der Waals surface area contributed by atoms with E-state index in [0.29, 0.717) is 22.0 Å². The number of hydrogen-bond donors (Lipinski definition) is 0. The van der Waals surface area contributed by atoms with Crippen LogP contribution in [-0.2, 0) is 11.2 Å². The first-order chi connectivity index (χ1) is 17.0. The van der Waals surface area contributed by atoms with Gasteiger partial charge in [0.25, 0.3) is 5.56 Å². The van der Waals surface area contributed by atoms with E-state index in [-0.39, 0.29) is 23.3 Å². The van der Waals surface area contributed by atoms with Crippen molar-refractivity contribution in [3.63, 3.8) is 0 Å². The number of aromatic nitrogens is 2. The van der Waals surface area contributed by atoms with Gasteiger partial charge < -0.3 is 4.90 Å². The lowest BCUT2D eigenvalue weighted by Crippen LogP contribution is -2.37. The van der Waals surface area contributed by atoms with Crippen LogP contribution in [0, 0.1) is 0 Å². The minimum Gasteiger partial charge on any atom is -0.308 e. The van der Waals surface area contributed by atoms with Gasteiger partial charge in [0.15, 0.2) is 5.16 Å². The predicted molar refractivity (Wildman–Crippen MR) is 144 cm³/mol. The van der Waals surface area contributed by atoms with Crippen LogP contribution in [0.1, 0.15) is 44.2 Å². The summed E-state index contributed by atoms with van der Waals surface area (Å²) in [6.07, 6.45) is 1.91. The molecule has 2 heterocycles. The highest BCUT2D eigenvalue weighted by Gasteiger charge is 2.30. The number of hydrogen-bond acceptors (Lipinski definition) is 4. The SMILES string of the molecule is CC[C@H](C)c1ccc(-n2c(SCC(=O)N3c4ccccc4C[C@@H]3C)nc3ccccc3c2=O)cc1. The Balaban J connectivity index is 1.50. The maximum atomic E-state index is 13.6. The third-order valence-electron chi connectivity index (χ3n) is 6.88. The molecule has 2 atom stereocenters. The summed E-state index contributed by atoms with van der Waals surface area (Å²) in [5, 5.41) is 1.09. The van der Waals surface area contributed by atoms with Crippen LogP contribution in [-0.4, -0.2) is 27.3 Å². The van der Waals surface area contributed by atoms with Crippen molar-refractivity contribution in [3.05, 3.63) is 94.3 Å². The Morgan fingerprint density at radius 3 is 2.54 bits per heavy atom. The maximum Gasteiger partial charge on any atom is 0.266 e. The molecule has 178 valence electrons. The van der Waals surface area contributed by atoms with Gasteiger partial charge in [0.1, 0.15) is 0 Å². The number of rotatable bonds is 6. The van der Waals surface area contributed by atoms with E-state index < -0.39 is 0 Å². The van der Waals surface area contributed by atoms with Crippen molar-refractivity contribution < 1.29 is 4.79 Å². The van der Waals surface area contributed by atoms with Crippen LogP contribution >= 0.6 is 11.8 Å². The molecule has 0 unspecified atom stereocenters. The number of carbonyl (C=O) groups excluding carboxylic acids is 1. The Morgan fingerprint density at radius 2 is 1.77 bits per heavy atom. The van der Waals surface area contributed by atoms with Gasteiger partial charge in [0, 0.05) is 11.7 Å². The Morgan fingerprint density at radius 1 is 1.06 bits per heavy atom. The average Bonchev–Trinajstić information content (AvgIpc) is 3.22. The lowest BCUT2D eigenvalue weighted by molar-refractivity contribution is -0.116. The highest BCUT2D eigenvalue weighted by Crippen LogP contribution is 2.33. The van der Waals surface area contributed by atoms with E-state index in [0.717, 1.165) is 24.2 Å². The average molecular weight is 484 g/mol. The summed E-state index contributed by atoms with van der Waals surface area (Å²) in [4.78, 5) is 33.6. The molecule has 0 fully saturated rings. The second-order valence-electron chi connectivity index (χ2n) is 9.19. The first-order valence-corrected chi connectivity index (χ1v) is 13.1. The summed E-state index contributed by atoms with van der Waals surface area (Å²) < 4.78 is 1.64. The molecule has 0 saturated heterocycles. The van der Waals surface area contributed by atoms with Crippen LogP contribution in [0.4, 0.5) is 5.69 Å². The van der Waals surface area contributed by atoms with Crippen LogP contribution in [0.25, 0.3) is 16.6 Å². The molecule has 0 N–H and O–H groups in total. The van der Waals surface area contributed by atoms with E-state index in [1.165, 1.54) is 22.9 Å². The van der Waals surface area contributed by atoms with E-state index in [1.54, 1.807) is 10.6 Å². The number of carbonyl (C=O) groups is 1. The molecule has 0 saturated carbocycles.